The Bertz CT molecular complexity index is 591. The molecule has 3 N–H and O–H groups in total. The Balaban J connectivity index is 2.09. The molecule has 0 saturated heterocycles. The first-order valence-electron chi connectivity index (χ1n) is 7.74. The summed E-state index contributed by atoms with van der Waals surface area (Å²) in [5, 5.41) is 0. The number of hydrogen-bond acceptors (Lipinski definition) is 3. The lowest BCUT2D eigenvalue weighted by molar-refractivity contribution is 0.495. The smallest absolute Gasteiger partial charge is 0.240 e. The van der Waals surface area contributed by atoms with Crippen LogP contribution in [0.4, 0.5) is 0 Å². The third-order valence-corrected chi connectivity index (χ3v) is 6.11. The molecule has 5 heteroatoms. The van der Waals surface area contributed by atoms with Crippen LogP contribution in [0.25, 0.3) is 0 Å². The fraction of sp³-hybridized carbons (Fsp3) is 0.625. The van der Waals surface area contributed by atoms with Crippen molar-refractivity contribution in [3.05, 3.63) is 28.8 Å². The first kappa shape index (κ1) is 16.5. The van der Waals surface area contributed by atoms with Crippen LogP contribution in [0.15, 0.2) is 17.0 Å². The summed E-state index contributed by atoms with van der Waals surface area (Å²) in [7, 11) is -3.44. The fourth-order valence-electron chi connectivity index (χ4n) is 3.07. The number of benzene rings is 1. The number of sulfonamides is 1. The Morgan fingerprint density at radius 2 is 1.90 bits per heavy atom. The van der Waals surface area contributed by atoms with Crippen molar-refractivity contribution in [2.24, 2.45) is 11.7 Å². The van der Waals surface area contributed by atoms with Gasteiger partial charge in [-0.3, -0.25) is 0 Å². The quantitative estimate of drug-likeness (QED) is 0.848. The Labute approximate surface area is 128 Å². The predicted octanol–water partition coefficient (Wildman–Crippen LogP) is 2.62. The normalized spacial score (nSPS) is 16.5. The van der Waals surface area contributed by atoms with Crippen LogP contribution in [0.2, 0.25) is 0 Å². The summed E-state index contributed by atoms with van der Waals surface area (Å²) in [4.78, 5) is 0.370. The maximum atomic E-state index is 12.5. The van der Waals surface area contributed by atoms with Crippen molar-refractivity contribution in [2.45, 2.75) is 57.4 Å². The van der Waals surface area contributed by atoms with E-state index in [1.165, 1.54) is 25.7 Å². The average molecular weight is 310 g/mol. The maximum absolute atomic E-state index is 12.5. The van der Waals surface area contributed by atoms with Gasteiger partial charge in [-0.1, -0.05) is 31.7 Å². The summed E-state index contributed by atoms with van der Waals surface area (Å²) < 4.78 is 27.7. The Hall–Kier alpha value is -0.910. The molecule has 1 fully saturated rings. The van der Waals surface area contributed by atoms with Gasteiger partial charge in [0.05, 0.1) is 4.90 Å². The number of hydrogen-bond donors (Lipinski definition) is 2. The summed E-state index contributed by atoms with van der Waals surface area (Å²) in [5.74, 6) is 0.686. The van der Waals surface area contributed by atoms with Gasteiger partial charge in [0.25, 0.3) is 0 Å². The molecule has 2 rings (SSSR count). The maximum Gasteiger partial charge on any atom is 0.240 e. The lowest BCUT2D eigenvalue weighted by Gasteiger charge is -2.14. The van der Waals surface area contributed by atoms with Crippen LogP contribution in [0.1, 0.15) is 48.8 Å². The lowest BCUT2D eigenvalue weighted by atomic mass is 10.1. The summed E-state index contributed by atoms with van der Waals surface area (Å²) in [6, 6.07) is 3.65. The molecular formula is C16H26N2O2S. The molecule has 1 aliphatic carbocycles. The zero-order valence-corrected chi connectivity index (χ0v) is 13.8. The zero-order valence-electron chi connectivity index (χ0n) is 13.0. The minimum Gasteiger partial charge on any atom is -0.326 e. The molecule has 1 aromatic rings. The van der Waals surface area contributed by atoms with Crippen LogP contribution in [-0.4, -0.2) is 15.0 Å². The molecule has 118 valence electrons. The second kappa shape index (κ2) is 6.90. The molecule has 0 bridgehead atoms. The lowest BCUT2D eigenvalue weighted by Crippen LogP contribution is -2.27. The Kier molecular flexibility index (Phi) is 5.41. The van der Waals surface area contributed by atoms with E-state index < -0.39 is 10.0 Å². The average Bonchev–Trinajstić information content (AvgIpc) is 2.94. The number of nitrogens with two attached hydrogens (primary N) is 1. The highest BCUT2D eigenvalue weighted by atomic mass is 32.2. The standard InChI is InChI=1S/C16H26N2O2S/c1-12-9-15(11-17)10-16(13(12)2)21(19,20)18-8-7-14-5-3-4-6-14/h9-10,14,18H,3-8,11,17H2,1-2H3. The van der Waals surface area contributed by atoms with Gasteiger partial charge in [-0.15, -0.1) is 0 Å². The van der Waals surface area contributed by atoms with Crippen LogP contribution in [0.3, 0.4) is 0 Å². The van der Waals surface area contributed by atoms with E-state index in [-0.39, 0.29) is 0 Å². The molecule has 0 heterocycles. The van der Waals surface area contributed by atoms with Crippen LogP contribution in [0, 0.1) is 19.8 Å². The summed E-state index contributed by atoms with van der Waals surface area (Å²) in [5.41, 5.74) is 8.28. The minimum atomic E-state index is -3.44. The molecule has 0 atom stereocenters. The Morgan fingerprint density at radius 3 is 2.52 bits per heavy atom. The molecule has 0 radical (unpaired) electrons. The number of aryl methyl sites for hydroxylation is 1. The molecular weight excluding hydrogens is 284 g/mol. The number of rotatable bonds is 6. The van der Waals surface area contributed by atoms with E-state index in [4.69, 9.17) is 5.73 Å². The Morgan fingerprint density at radius 1 is 1.24 bits per heavy atom. The summed E-state index contributed by atoms with van der Waals surface area (Å²) in [6.07, 6.45) is 5.99. The van der Waals surface area contributed by atoms with Gasteiger partial charge in [0.15, 0.2) is 0 Å². The predicted molar refractivity (Wildman–Crippen MR) is 85.6 cm³/mol. The molecule has 0 amide bonds. The van der Waals surface area contributed by atoms with Gasteiger partial charge in [0.1, 0.15) is 0 Å². The second-order valence-electron chi connectivity index (χ2n) is 6.08. The molecule has 0 spiro atoms. The van der Waals surface area contributed by atoms with Crippen molar-refractivity contribution in [1.29, 1.82) is 0 Å². The van der Waals surface area contributed by atoms with Crippen molar-refractivity contribution in [3.8, 4) is 0 Å². The summed E-state index contributed by atoms with van der Waals surface area (Å²) in [6.45, 7) is 4.65. The molecule has 4 nitrogen and oxygen atoms in total. The topological polar surface area (TPSA) is 72.2 Å². The van der Waals surface area contributed by atoms with Gasteiger partial charge in [-0.05, 0) is 48.9 Å². The molecule has 1 aliphatic rings. The number of nitrogens with one attached hydrogen (secondary N) is 1. The summed E-state index contributed by atoms with van der Waals surface area (Å²) >= 11 is 0. The van der Waals surface area contributed by atoms with Crippen molar-refractivity contribution in [3.63, 3.8) is 0 Å². The SMILES string of the molecule is Cc1cc(CN)cc(S(=O)(=O)NCCC2CCCC2)c1C. The largest absolute Gasteiger partial charge is 0.326 e. The van der Waals surface area contributed by atoms with Gasteiger partial charge in [0.2, 0.25) is 10.0 Å². The molecule has 0 aromatic heterocycles. The van der Waals surface area contributed by atoms with Crippen molar-refractivity contribution in [1.82, 2.24) is 4.72 Å². The van der Waals surface area contributed by atoms with Crippen molar-refractivity contribution in [2.75, 3.05) is 6.54 Å². The molecule has 0 unspecified atom stereocenters. The van der Waals surface area contributed by atoms with Gasteiger partial charge in [-0.25, -0.2) is 13.1 Å². The highest BCUT2D eigenvalue weighted by Crippen LogP contribution is 2.27. The van der Waals surface area contributed by atoms with E-state index in [0.717, 1.165) is 23.1 Å². The van der Waals surface area contributed by atoms with Gasteiger partial charge in [-0.2, -0.15) is 0 Å². The van der Waals surface area contributed by atoms with Gasteiger partial charge >= 0.3 is 0 Å². The third-order valence-electron chi connectivity index (χ3n) is 4.52. The molecule has 1 aromatic carbocycles. The van der Waals surface area contributed by atoms with Crippen LogP contribution in [-0.2, 0) is 16.6 Å². The van der Waals surface area contributed by atoms with Crippen LogP contribution >= 0.6 is 0 Å². The van der Waals surface area contributed by atoms with Crippen molar-refractivity contribution >= 4 is 10.0 Å². The van der Waals surface area contributed by atoms with Crippen LogP contribution in [0.5, 0.6) is 0 Å². The van der Waals surface area contributed by atoms with E-state index in [0.29, 0.717) is 23.9 Å². The second-order valence-corrected chi connectivity index (χ2v) is 7.81. The zero-order chi connectivity index (χ0) is 15.5. The first-order valence-corrected chi connectivity index (χ1v) is 9.22. The van der Waals surface area contributed by atoms with Gasteiger partial charge in [0, 0.05) is 13.1 Å². The minimum absolute atomic E-state index is 0.353. The highest BCUT2D eigenvalue weighted by Gasteiger charge is 2.20. The van der Waals surface area contributed by atoms with Crippen molar-refractivity contribution < 1.29 is 8.42 Å². The highest BCUT2D eigenvalue weighted by molar-refractivity contribution is 7.89. The fourth-order valence-corrected chi connectivity index (χ4v) is 4.48. The van der Waals surface area contributed by atoms with Crippen LogP contribution < -0.4 is 10.5 Å². The first-order chi connectivity index (χ1) is 9.94. The van der Waals surface area contributed by atoms with E-state index in [1.807, 2.05) is 19.9 Å². The van der Waals surface area contributed by atoms with E-state index >= 15 is 0 Å². The molecule has 21 heavy (non-hydrogen) atoms. The van der Waals surface area contributed by atoms with E-state index in [2.05, 4.69) is 4.72 Å². The molecule has 0 aliphatic heterocycles. The third kappa shape index (κ3) is 4.05. The van der Waals surface area contributed by atoms with E-state index in [9.17, 15) is 8.42 Å². The monoisotopic (exact) mass is 310 g/mol. The van der Waals surface area contributed by atoms with E-state index in [1.54, 1.807) is 6.07 Å². The molecule has 1 saturated carbocycles. The van der Waals surface area contributed by atoms with Gasteiger partial charge < -0.3 is 5.73 Å².